The Balaban J connectivity index is 2.70. The summed E-state index contributed by atoms with van der Waals surface area (Å²) in [5.41, 5.74) is 0.548. The molecule has 0 aromatic carbocycles. The van der Waals surface area contributed by atoms with Gasteiger partial charge in [-0.05, 0) is 0 Å². The lowest BCUT2D eigenvalue weighted by molar-refractivity contribution is 1.18. The van der Waals surface area contributed by atoms with Crippen LogP contribution in [0.3, 0.4) is 0 Å². The van der Waals surface area contributed by atoms with Gasteiger partial charge in [-0.25, -0.2) is 15.0 Å². The second-order valence-corrected chi connectivity index (χ2v) is 3.75. The van der Waals surface area contributed by atoms with E-state index in [9.17, 15) is 4.79 Å². The van der Waals surface area contributed by atoms with E-state index in [1.807, 2.05) is 0 Å². The van der Waals surface area contributed by atoms with Crippen LogP contribution in [0.2, 0.25) is 0 Å². The van der Waals surface area contributed by atoms with Crippen molar-refractivity contribution < 1.29 is 0 Å². The van der Waals surface area contributed by atoms with Crippen molar-refractivity contribution in [2.45, 2.75) is 0 Å². The van der Waals surface area contributed by atoms with Crippen molar-refractivity contribution in [3.05, 3.63) is 29.2 Å². The van der Waals surface area contributed by atoms with E-state index in [0.717, 1.165) is 10.2 Å². The zero-order valence-electron chi connectivity index (χ0n) is 6.89. The highest BCUT2D eigenvalue weighted by Crippen LogP contribution is 2.26. The molecule has 3 rings (SSSR count). The molecule has 14 heavy (non-hydrogen) atoms. The molecule has 6 heteroatoms. The van der Waals surface area contributed by atoms with Crippen LogP contribution in [0, 0.1) is 0 Å². The molecule has 68 valence electrons. The lowest BCUT2D eigenvalue weighted by atomic mass is 10.3. The fourth-order valence-corrected chi connectivity index (χ4v) is 2.30. The summed E-state index contributed by atoms with van der Waals surface area (Å²) in [6.45, 7) is 0. The Morgan fingerprint density at radius 2 is 2.29 bits per heavy atom. The zero-order valence-corrected chi connectivity index (χ0v) is 7.71. The van der Waals surface area contributed by atoms with Gasteiger partial charge < -0.3 is 4.98 Å². The molecule has 0 aliphatic rings. The van der Waals surface area contributed by atoms with Crippen LogP contribution < -0.4 is 5.56 Å². The molecule has 0 saturated heterocycles. The van der Waals surface area contributed by atoms with E-state index in [2.05, 4.69) is 19.9 Å². The molecule has 0 radical (unpaired) electrons. The van der Waals surface area contributed by atoms with Gasteiger partial charge >= 0.3 is 0 Å². The largest absolute Gasteiger partial charge is 0.312 e. The molecule has 3 aromatic heterocycles. The van der Waals surface area contributed by atoms with Crippen LogP contribution in [0.4, 0.5) is 0 Å². The molecular formula is C8H4N4OS. The SMILES string of the molecule is O=c1[nH]cnc2c1sc1ncncc12. The highest BCUT2D eigenvalue weighted by molar-refractivity contribution is 7.25. The van der Waals surface area contributed by atoms with E-state index in [4.69, 9.17) is 0 Å². The molecule has 0 unspecified atom stereocenters. The topological polar surface area (TPSA) is 71.5 Å². The third-order valence-corrected chi connectivity index (χ3v) is 3.04. The molecule has 0 amide bonds. The minimum atomic E-state index is -0.127. The zero-order chi connectivity index (χ0) is 9.54. The van der Waals surface area contributed by atoms with Crippen LogP contribution in [-0.4, -0.2) is 19.9 Å². The predicted octanol–water partition coefficient (Wildman–Crippen LogP) is 0.928. The number of rotatable bonds is 0. The summed E-state index contributed by atoms with van der Waals surface area (Å²) in [6.07, 6.45) is 4.53. The van der Waals surface area contributed by atoms with Crippen molar-refractivity contribution in [2.24, 2.45) is 0 Å². The average molecular weight is 204 g/mol. The first kappa shape index (κ1) is 7.57. The Kier molecular flexibility index (Phi) is 1.40. The maximum absolute atomic E-state index is 11.4. The molecule has 0 atom stereocenters. The van der Waals surface area contributed by atoms with E-state index in [1.165, 1.54) is 24.0 Å². The van der Waals surface area contributed by atoms with Gasteiger partial charge in [0.05, 0.1) is 17.2 Å². The molecular weight excluding hydrogens is 200 g/mol. The first-order valence-electron chi connectivity index (χ1n) is 3.92. The smallest absolute Gasteiger partial charge is 0.268 e. The van der Waals surface area contributed by atoms with Gasteiger partial charge in [-0.1, -0.05) is 0 Å². The van der Waals surface area contributed by atoms with Crippen molar-refractivity contribution in [3.63, 3.8) is 0 Å². The molecule has 3 aromatic rings. The van der Waals surface area contributed by atoms with E-state index < -0.39 is 0 Å². The van der Waals surface area contributed by atoms with Gasteiger partial charge in [0.2, 0.25) is 0 Å². The molecule has 0 aliphatic heterocycles. The van der Waals surface area contributed by atoms with Crippen LogP contribution in [0.15, 0.2) is 23.6 Å². The number of aromatic nitrogens is 4. The summed E-state index contributed by atoms with van der Waals surface area (Å²) >= 11 is 1.33. The molecule has 5 nitrogen and oxygen atoms in total. The summed E-state index contributed by atoms with van der Waals surface area (Å²) in [7, 11) is 0. The van der Waals surface area contributed by atoms with Crippen LogP contribution in [-0.2, 0) is 0 Å². The molecule has 3 heterocycles. The van der Waals surface area contributed by atoms with E-state index in [-0.39, 0.29) is 5.56 Å². The Labute approximate surface area is 81.5 Å². The van der Waals surface area contributed by atoms with E-state index in [0.29, 0.717) is 10.2 Å². The van der Waals surface area contributed by atoms with Crippen molar-refractivity contribution >= 4 is 31.8 Å². The number of aromatic amines is 1. The molecule has 0 saturated carbocycles. The fraction of sp³-hybridized carbons (Fsp3) is 0. The summed E-state index contributed by atoms with van der Waals surface area (Å²) < 4.78 is 0.600. The monoisotopic (exact) mass is 204 g/mol. The number of hydrogen-bond acceptors (Lipinski definition) is 5. The van der Waals surface area contributed by atoms with Gasteiger partial charge in [0.15, 0.2) is 0 Å². The minimum absolute atomic E-state index is 0.127. The average Bonchev–Trinajstić information content (AvgIpc) is 2.59. The van der Waals surface area contributed by atoms with Gasteiger partial charge in [-0.2, -0.15) is 0 Å². The van der Waals surface area contributed by atoms with Crippen molar-refractivity contribution in [3.8, 4) is 0 Å². The van der Waals surface area contributed by atoms with Gasteiger partial charge in [-0.3, -0.25) is 4.79 Å². The molecule has 0 fully saturated rings. The summed E-state index contributed by atoms with van der Waals surface area (Å²) in [5.74, 6) is 0. The van der Waals surface area contributed by atoms with Crippen LogP contribution in [0.1, 0.15) is 0 Å². The van der Waals surface area contributed by atoms with E-state index >= 15 is 0 Å². The standard InChI is InChI=1S/C8H4N4OS/c13-7-6-5(10-3-11-7)4-1-9-2-12-8(4)14-6/h1-3H,(H,10,11,13). The molecule has 0 aliphatic carbocycles. The number of fused-ring (bicyclic) bond motifs is 3. The van der Waals surface area contributed by atoms with Gasteiger partial charge in [0, 0.05) is 6.20 Å². The third-order valence-electron chi connectivity index (χ3n) is 1.94. The summed E-state index contributed by atoms with van der Waals surface area (Å²) in [5, 5.41) is 0.832. The third kappa shape index (κ3) is 0.882. The predicted molar refractivity (Wildman–Crippen MR) is 53.3 cm³/mol. The van der Waals surface area contributed by atoms with Crippen LogP contribution >= 0.6 is 11.3 Å². The number of nitrogens with one attached hydrogen (secondary N) is 1. The lowest BCUT2D eigenvalue weighted by Crippen LogP contribution is -2.03. The van der Waals surface area contributed by atoms with Crippen molar-refractivity contribution in [2.75, 3.05) is 0 Å². The Bertz CT molecular complexity index is 671. The first-order chi connectivity index (χ1) is 6.86. The highest BCUT2D eigenvalue weighted by Gasteiger charge is 2.08. The Hall–Kier alpha value is -1.82. The molecule has 0 spiro atoms. The number of H-pyrrole nitrogens is 1. The lowest BCUT2D eigenvalue weighted by Gasteiger charge is -1.86. The first-order valence-corrected chi connectivity index (χ1v) is 4.74. The van der Waals surface area contributed by atoms with Crippen molar-refractivity contribution in [1.29, 1.82) is 0 Å². The van der Waals surface area contributed by atoms with E-state index in [1.54, 1.807) is 6.20 Å². The van der Waals surface area contributed by atoms with Gasteiger partial charge in [0.1, 0.15) is 15.9 Å². The van der Waals surface area contributed by atoms with Gasteiger partial charge in [-0.15, -0.1) is 11.3 Å². The summed E-state index contributed by atoms with van der Waals surface area (Å²) in [4.78, 5) is 26.8. The normalized spacial score (nSPS) is 11.1. The summed E-state index contributed by atoms with van der Waals surface area (Å²) in [6, 6.07) is 0. The second-order valence-electron chi connectivity index (χ2n) is 2.75. The van der Waals surface area contributed by atoms with Crippen LogP contribution in [0.25, 0.3) is 20.4 Å². The maximum Gasteiger partial charge on any atom is 0.268 e. The second kappa shape index (κ2) is 2.58. The van der Waals surface area contributed by atoms with Crippen molar-refractivity contribution in [1.82, 2.24) is 19.9 Å². The number of nitrogens with zero attached hydrogens (tertiary/aromatic N) is 3. The number of hydrogen-bond donors (Lipinski definition) is 1. The fourth-order valence-electron chi connectivity index (χ4n) is 1.33. The molecule has 1 N–H and O–H groups in total. The minimum Gasteiger partial charge on any atom is -0.312 e. The maximum atomic E-state index is 11.4. The van der Waals surface area contributed by atoms with Gasteiger partial charge in [0.25, 0.3) is 5.56 Å². The highest BCUT2D eigenvalue weighted by atomic mass is 32.1. The Morgan fingerprint density at radius 3 is 3.21 bits per heavy atom. The number of thiophene rings is 1. The Morgan fingerprint density at radius 1 is 1.36 bits per heavy atom. The van der Waals surface area contributed by atoms with Crippen LogP contribution in [0.5, 0.6) is 0 Å². The quantitative estimate of drug-likeness (QED) is 0.591. The molecule has 0 bridgehead atoms.